The summed E-state index contributed by atoms with van der Waals surface area (Å²) in [5.74, 6) is -0.396. The lowest BCUT2D eigenvalue weighted by Crippen LogP contribution is -2.41. The molecule has 5 rings (SSSR count). The Bertz CT molecular complexity index is 1290. The molecule has 5 nitrogen and oxygen atoms in total. The van der Waals surface area contributed by atoms with Gasteiger partial charge < -0.3 is 19.4 Å². The van der Waals surface area contributed by atoms with Crippen molar-refractivity contribution < 1.29 is 23.2 Å². The smallest absolute Gasteiger partial charge is 0.449 e. The molecule has 0 unspecified atom stereocenters. The van der Waals surface area contributed by atoms with Crippen LogP contribution < -0.4 is 5.32 Å². The Morgan fingerprint density at radius 2 is 1.46 bits per heavy atom. The summed E-state index contributed by atoms with van der Waals surface area (Å²) in [6, 6.07) is 22.9. The van der Waals surface area contributed by atoms with Gasteiger partial charge in [-0.25, -0.2) is 9.18 Å². The van der Waals surface area contributed by atoms with Crippen molar-refractivity contribution in [3.63, 3.8) is 0 Å². The molecule has 0 aromatic heterocycles. The van der Waals surface area contributed by atoms with Gasteiger partial charge in [0.05, 0.1) is 11.2 Å². The molecule has 3 aromatic carbocycles. The van der Waals surface area contributed by atoms with Crippen LogP contribution in [-0.2, 0) is 14.0 Å². The van der Waals surface area contributed by atoms with Gasteiger partial charge in [0.25, 0.3) is 0 Å². The third-order valence-corrected chi connectivity index (χ3v) is 7.58. The van der Waals surface area contributed by atoms with E-state index >= 15 is 0 Å². The number of halogens is 1. The van der Waals surface area contributed by atoms with E-state index in [1.807, 2.05) is 52.0 Å². The summed E-state index contributed by atoms with van der Waals surface area (Å²) in [6.45, 7) is 8.10. The monoisotopic (exact) mass is 499 g/mol. The number of benzene rings is 3. The molecular weight excluding hydrogens is 468 g/mol. The molecule has 1 N–H and O–H groups in total. The van der Waals surface area contributed by atoms with Gasteiger partial charge >= 0.3 is 13.2 Å². The van der Waals surface area contributed by atoms with Gasteiger partial charge in [-0.05, 0) is 61.5 Å². The first kappa shape index (κ1) is 25.2. The van der Waals surface area contributed by atoms with Gasteiger partial charge in [0.15, 0.2) is 0 Å². The minimum atomic E-state index is -0.738. The number of ether oxygens (including phenoxy) is 1. The SMILES string of the molecule is CC1(C)OB(C(=Cc2ccccc2F)CNC(=O)OCC2c3ccccc3-c3ccccc32)OC1(C)C. The zero-order chi connectivity index (χ0) is 26.2. The lowest BCUT2D eigenvalue weighted by molar-refractivity contribution is 0.00578. The maximum atomic E-state index is 14.4. The van der Waals surface area contributed by atoms with Gasteiger partial charge in [0, 0.05) is 18.0 Å². The molecule has 1 aliphatic carbocycles. The molecule has 1 heterocycles. The Balaban J connectivity index is 1.30. The molecule has 2 aliphatic rings. The normalized spacial score (nSPS) is 17.9. The topological polar surface area (TPSA) is 56.8 Å². The van der Waals surface area contributed by atoms with Crippen LogP contribution in [-0.4, -0.2) is 37.6 Å². The van der Waals surface area contributed by atoms with Crippen LogP contribution in [0.15, 0.2) is 78.3 Å². The number of rotatable bonds is 6. The molecule has 0 atom stereocenters. The maximum absolute atomic E-state index is 14.4. The van der Waals surface area contributed by atoms with Crippen LogP contribution in [0.1, 0.15) is 50.3 Å². The fourth-order valence-corrected chi connectivity index (χ4v) is 4.81. The zero-order valence-corrected chi connectivity index (χ0v) is 21.6. The predicted molar refractivity (Wildman–Crippen MR) is 144 cm³/mol. The number of fused-ring (bicyclic) bond motifs is 3. The number of carbonyl (C=O) groups is 1. The quantitative estimate of drug-likeness (QED) is 0.400. The van der Waals surface area contributed by atoms with Crippen LogP contribution in [0.4, 0.5) is 9.18 Å². The second-order valence-corrected chi connectivity index (χ2v) is 10.5. The Morgan fingerprint density at radius 1 is 0.919 bits per heavy atom. The second kappa shape index (κ2) is 9.80. The molecule has 37 heavy (non-hydrogen) atoms. The van der Waals surface area contributed by atoms with Crippen molar-refractivity contribution in [2.75, 3.05) is 13.2 Å². The molecule has 190 valence electrons. The molecule has 0 spiro atoms. The Morgan fingerprint density at radius 3 is 2.05 bits per heavy atom. The molecule has 0 saturated carbocycles. The minimum Gasteiger partial charge on any atom is -0.449 e. The van der Waals surface area contributed by atoms with Crippen molar-refractivity contribution in [3.8, 4) is 11.1 Å². The summed E-state index contributed by atoms with van der Waals surface area (Å²) < 4.78 is 32.5. The van der Waals surface area contributed by atoms with E-state index in [1.165, 1.54) is 17.2 Å². The molecule has 1 amide bonds. The number of nitrogens with one attached hydrogen (secondary N) is 1. The Labute approximate surface area is 217 Å². The van der Waals surface area contributed by atoms with E-state index in [-0.39, 0.29) is 24.9 Å². The summed E-state index contributed by atoms with van der Waals surface area (Å²) in [5, 5.41) is 2.81. The van der Waals surface area contributed by atoms with Crippen LogP contribution >= 0.6 is 0 Å². The first-order valence-electron chi connectivity index (χ1n) is 12.6. The summed E-state index contributed by atoms with van der Waals surface area (Å²) in [4.78, 5) is 12.8. The van der Waals surface area contributed by atoms with Gasteiger partial charge in [-0.1, -0.05) is 72.8 Å². The first-order valence-corrected chi connectivity index (χ1v) is 12.6. The number of alkyl carbamates (subject to hydrolysis) is 1. The van der Waals surface area contributed by atoms with Gasteiger partial charge in [-0.2, -0.15) is 0 Å². The van der Waals surface area contributed by atoms with Crippen LogP contribution in [0.5, 0.6) is 0 Å². The summed E-state index contributed by atoms with van der Waals surface area (Å²) in [7, 11) is -0.738. The first-order chi connectivity index (χ1) is 17.7. The third-order valence-electron chi connectivity index (χ3n) is 7.58. The fraction of sp³-hybridized carbons (Fsp3) is 0.300. The van der Waals surface area contributed by atoms with Crippen molar-refractivity contribution in [2.45, 2.75) is 44.8 Å². The number of hydrogen-bond donors (Lipinski definition) is 1. The molecule has 1 aliphatic heterocycles. The van der Waals surface area contributed by atoms with Crippen molar-refractivity contribution in [1.82, 2.24) is 5.32 Å². The Hall–Kier alpha value is -3.42. The lowest BCUT2D eigenvalue weighted by atomic mass is 9.77. The number of carbonyl (C=O) groups excluding carboxylic acids is 1. The average Bonchev–Trinajstić information content (AvgIpc) is 3.30. The van der Waals surface area contributed by atoms with Crippen molar-refractivity contribution in [3.05, 3.63) is 101 Å². The zero-order valence-electron chi connectivity index (χ0n) is 21.6. The van der Waals surface area contributed by atoms with Gasteiger partial charge in [0.2, 0.25) is 0 Å². The molecule has 3 aromatic rings. The lowest BCUT2D eigenvalue weighted by Gasteiger charge is -2.32. The molecule has 7 heteroatoms. The van der Waals surface area contributed by atoms with E-state index in [4.69, 9.17) is 14.0 Å². The predicted octanol–water partition coefficient (Wildman–Crippen LogP) is 6.38. The molecule has 1 saturated heterocycles. The highest BCUT2D eigenvalue weighted by atomic mass is 19.1. The van der Waals surface area contributed by atoms with Crippen LogP contribution in [0.2, 0.25) is 0 Å². The fourth-order valence-electron chi connectivity index (χ4n) is 4.81. The summed E-state index contributed by atoms with van der Waals surface area (Å²) in [5.41, 5.74) is 4.47. The second-order valence-electron chi connectivity index (χ2n) is 10.5. The third kappa shape index (κ3) is 4.94. The van der Waals surface area contributed by atoms with Crippen LogP contribution in [0.3, 0.4) is 0 Å². The highest BCUT2D eigenvalue weighted by molar-refractivity contribution is 6.56. The maximum Gasteiger partial charge on any atom is 0.492 e. The highest BCUT2D eigenvalue weighted by Gasteiger charge is 2.52. The highest BCUT2D eigenvalue weighted by Crippen LogP contribution is 2.44. The van der Waals surface area contributed by atoms with Crippen molar-refractivity contribution in [1.29, 1.82) is 0 Å². The van der Waals surface area contributed by atoms with E-state index in [2.05, 4.69) is 29.6 Å². The molecule has 0 radical (unpaired) electrons. The van der Waals surface area contributed by atoms with E-state index < -0.39 is 24.4 Å². The van der Waals surface area contributed by atoms with E-state index in [1.54, 1.807) is 24.3 Å². The molecule has 1 fully saturated rings. The van der Waals surface area contributed by atoms with Gasteiger partial charge in [-0.15, -0.1) is 0 Å². The average molecular weight is 499 g/mol. The van der Waals surface area contributed by atoms with Crippen molar-refractivity contribution >= 4 is 19.3 Å². The van der Waals surface area contributed by atoms with Crippen LogP contribution in [0.25, 0.3) is 17.2 Å². The van der Waals surface area contributed by atoms with Gasteiger partial charge in [-0.3, -0.25) is 0 Å². The molecule has 0 bridgehead atoms. The Kier molecular flexibility index (Phi) is 6.69. The largest absolute Gasteiger partial charge is 0.492 e. The summed E-state index contributed by atoms with van der Waals surface area (Å²) in [6.07, 6.45) is 1.11. The van der Waals surface area contributed by atoms with E-state index in [0.29, 0.717) is 11.0 Å². The van der Waals surface area contributed by atoms with Crippen molar-refractivity contribution in [2.24, 2.45) is 0 Å². The number of hydrogen-bond acceptors (Lipinski definition) is 4. The van der Waals surface area contributed by atoms with Crippen LogP contribution in [0, 0.1) is 5.82 Å². The van der Waals surface area contributed by atoms with Gasteiger partial charge in [0.1, 0.15) is 12.4 Å². The summed E-state index contributed by atoms with van der Waals surface area (Å²) >= 11 is 0. The molecular formula is C30H31BFNO4. The minimum absolute atomic E-state index is 0.0327. The standard InChI is InChI=1S/C30H31BFNO4/c1-29(2)30(3,4)37-31(36-29)21(17-20-11-5-10-16-27(20)32)18-33-28(34)35-19-26-24-14-8-6-12-22(24)23-13-7-9-15-25(23)26/h5-17,26H,18-19H2,1-4H3,(H,33,34). The number of amides is 1. The van der Waals surface area contributed by atoms with E-state index in [9.17, 15) is 9.18 Å². The van der Waals surface area contributed by atoms with E-state index in [0.717, 1.165) is 11.1 Å².